The van der Waals surface area contributed by atoms with Gasteiger partial charge in [0.15, 0.2) is 0 Å². The van der Waals surface area contributed by atoms with Crippen molar-refractivity contribution < 1.29 is 18.6 Å². The summed E-state index contributed by atoms with van der Waals surface area (Å²) in [7, 11) is -0.759. The van der Waals surface area contributed by atoms with Crippen LogP contribution in [0.15, 0.2) is 0 Å². The van der Waals surface area contributed by atoms with E-state index >= 15 is 0 Å². The zero-order valence-electron chi connectivity index (χ0n) is 13.7. The van der Waals surface area contributed by atoms with Gasteiger partial charge in [0.1, 0.15) is 0 Å². The minimum Gasteiger partial charge on any atom is -0.413 e. The molecule has 5 aliphatic rings. The molecule has 6 heteroatoms. The van der Waals surface area contributed by atoms with E-state index < -0.39 is 0 Å². The molecule has 2 bridgehead atoms. The lowest BCUT2D eigenvalue weighted by Crippen LogP contribution is -2.57. The molecule has 0 spiro atoms. The van der Waals surface area contributed by atoms with Gasteiger partial charge in [0.2, 0.25) is 0 Å². The van der Waals surface area contributed by atoms with Gasteiger partial charge in [-0.3, -0.25) is 0 Å². The monoisotopic (exact) mass is 292 g/mol. The summed E-state index contributed by atoms with van der Waals surface area (Å²) >= 11 is 0. The first kappa shape index (κ1) is 14.6. The Hall–Kier alpha value is -0.0301. The molecule has 2 saturated carbocycles. The average Bonchev–Trinajstić information content (AvgIpc) is 2.91. The Morgan fingerprint density at radius 1 is 0.571 bits per heavy atom. The third-order valence-electron chi connectivity index (χ3n) is 6.37. The van der Waals surface area contributed by atoms with E-state index in [-0.39, 0.29) is 24.8 Å². The van der Waals surface area contributed by atoms with E-state index in [1.807, 2.05) is 0 Å². The molecule has 2 aliphatic carbocycles. The second kappa shape index (κ2) is 4.28. The quantitative estimate of drug-likeness (QED) is 0.695. The molecule has 0 aromatic heterocycles. The molecule has 116 valence electrons. The summed E-state index contributed by atoms with van der Waals surface area (Å²) in [5.41, 5.74) is 1.15. The number of fused-ring (bicyclic) bond motifs is 5. The van der Waals surface area contributed by atoms with E-state index in [9.17, 15) is 0 Å². The second-order valence-corrected chi connectivity index (χ2v) is 9.25. The Kier molecular flexibility index (Phi) is 2.97. The molecule has 0 aromatic carbocycles. The highest BCUT2D eigenvalue weighted by molar-refractivity contribution is 7.10. The van der Waals surface area contributed by atoms with Crippen molar-refractivity contribution in [2.75, 3.05) is 26.4 Å². The summed E-state index contributed by atoms with van der Waals surface area (Å²) in [4.78, 5) is 0. The van der Waals surface area contributed by atoms with Crippen LogP contribution in [0.3, 0.4) is 0 Å². The lowest BCUT2D eigenvalue weighted by atomic mass is 9.46. The van der Waals surface area contributed by atoms with Gasteiger partial charge < -0.3 is 18.6 Å². The molecular weight excluding hydrogens is 266 g/mol. The van der Waals surface area contributed by atoms with Gasteiger partial charge in [-0.25, -0.2) is 0 Å². The highest BCUT2D eigenvalue weighted by Crippen LogP contribution is 2.64. The van der Waals surface area contributed by atoms with Gasteiger partial charge >= 0.3 is 14.0 Å². The molecule has 21 heavy (non-hydrogen) atoms. The van der Waals surface area contributed by atoms with E-state index in [0.717, 1.165) is 26.4 Å². The zero-order valence-corrected chi connectivity index (χ0v) is 13.7. The van der Waals surface area contributed by atoms with E-state index in [0.29, 0.717) is 10.8 Å². The summed E-state index contributed by atoms with van der Waals surface area (Å²) in [6.07, 6.45) is 3.57. The zero-order chi connectivity index (χ0) is 14.9. The first-order valence-corrected chi connectivity index (χ1v) is 8.22. The lowest BCUT2D eigenvalue weighted by Gasteiger charge is -2.55. The molecule has 5 fully saturated rings. The van der Waals surface area contributed by atoms with Crippen molar-refractivity contribution in [3.05, 3.63) is 0 Å². The number of hydrogen-bond acceptors (Lipinski definition) is 4. The minimum absolute atomic E-state index is 0.267. The highest BCUT2D eigenvalue weighted by atomic mass is 16.7. The number of hydrogen-bond donors (Lipinski definition) is 0. The van der Waals surface area contributed by atoms with Gasteiger partial charge in [0.25, 0.3) is 0 Å². The van der Waals surface area contributed by atoms with Gasteiger partial charge in [0.05, 0.1) is 0 Å². The third kappa shape index (κ3) is 2.30. The van der Waals surface area contributed by atoms with E-state index in [1.165, 1.54) is 19.3 Å². The molecular formula is C15H26B2O4. The fraction of sp³-hybridized carbons (Fsp3) is 1.00. The maximum Gasteiger partial charge on any atom is 0.488 e. The van der Waals surface area contributed by atoms with Crippen LogP contribution in [0.5, 0.6) is 0 Å². The topological polar surface area (TPSA) is 36.9 Å². The maximum atomic E-state index is 6.02. The minimum atomic E-state index is -0.381. The van der Waals surface area contributed by atoms with Crippen molar-refractivity contribution in [3.63, 3.8) is 0 Å². The molecule has 2 atom stereocenters. The summed E-state index contributed by atoms with van der Waals surface area (Å²) < 4.78 is 24.0. The summed E-state index contributed by atoms with van der Waals surface area (Å²) in [5.74, 6) is 0. The summed E-state index contributed by atoms with van der Waals surface area (Å²) in [6, 6.07) is 0. The molecule has 0 radical (unpaired) electrons. The largest absolute Gasteiger partial charge is 0.488 e. The van der Waals surface area contributed by atoms with Crippen LogP contribution in [0.4, 0.5) is 0 Å². The van der Waals surface area contributed by atoms with Gasteiger partial charge in [-0.1, -0.05) is 27.7 Å². The molecule has 2 unspecified atom stereocenters. The van der Waals surface area contributed by atoms with Crippen LogP contribution in [0.2, 0.25) is 0 Å². The molecule has 3 aliphatic heterocycles. The van der Waals surface area contributed by atoms with E-state index in [4.69, 9.17) is 18.6 Å². The van der Waals surface area contributed by atoms with Crippen LogP contribution in [0.25, 0.3) is 0 Å². The molecule has 4 nitrogen and oxygen atoms in total. The van der Waals surface area contributed by atoms with Crippen LogP contribution in [0, 0.1) is 21.7 Å². The molecule has 0 N–H and O–H groups in total. The number of rotatable bonds is 1. The molecule has 5 rings (SSSR count). The first-order valence-electron chi connectivity index (χ1n) is 8.22. The Bertz CT molecular complexity index is 417. The van der Waals surface area contributed by atoms with Crippen molar-refractivity contribution in [1.29, 1.82) is 0 Å². The van der Waals surface area contributed by atoms with Gasteiger partial charge in [-0.2, -0.15) is 0 Å². The third-order valence-corrected chi connectivity index (χ3v) is 6.37. The first-order chi connectivity index (χ1) is 9.75. The van der Waals surface area contributed by atoms with Crippen molar-refractivity contribution >= 4 is 14.0 Å². The van der Waals surface area contributed by atoms with Crippen LogP contribution >= 0.6 is 0 Å². The van der Waals surface area contributed by atoms with Crippen molar-refractivity contribution in [2.24, 2.45) is 21.7 Å². The van der Waals surface area contributed by atoms with Crippen molar-refractivity contribution in [2.45, 2.75) is 47.0 Å². The Balaban J connectivity index is 1.42. The molecule has 3 heterocycles. The van der Waals surface area contributed by atoms with Crippen LogP contribution in [-0.2, 0) is 18.6 Å². The highest BCUT2D eigenvalue weighted by Gasteiger charge is 2.64. The second-order valence-electron chi connectivity index (χ2n) is 9.25. The summed E-state index contributed by atoms with van der Waals surface area (Å²) in [6.45, 7) is 12.2. The average molecular weight is 292 g/mol. The molecule has 3 saturated heterocycles. The Morgan fingerprint density at radius 3 is 1.38 bits per heavy atom. The van der Waals surface area contributed by atoms with E-state index in [1.54, 1.807) is 0 Å². The summed E-state index contributed by atoms with van der Waals surface area (Å²) in [5, 5.41) is 0. The smallest absolute Gasteiger partial charge is 0.413 e. The van der Waals surface area contributed by atoms with Crippen molar-refractivity contribution in [1.82, 2.24) is 0 Å². The van der Waals surface area contributed by atoms with Crippen LogP contribution in [0.1, 0.15) is 47.0 Å². The van der Waals surface area contributed by atoms with Gasteiger partial charge in [-0.15, -0.1) is 0 Å². The van der Waals surface area contributed by atoms with Gasteiger partial charge in [-0.05, 0) is 40.9 Å². The predicted octanol–water partition coefficient (Wildman–Crippen LogP) is 2.36. The normalized spacial score (nSPS) is 53.1. The fourth-order valence-electron chi connectivity index (χ4n) is 4.99. The Morgan fingerprint density at radius 2 is 0.952 bits per heavy atom. The SMILES string of the molecule is CC12COB(B3OCC4(C)CC4(C)CO3)OCC(C)(C1)C2. The maximum absolute atomic E-state index is 6.02. The van der Waals surface area contributed by atoms with Gasteiger partial charge in [0, 0.05) is 26.4 Å². The predicted molar refractivity (Wildman–Crippen MR) is 81.6 cm³/mol. The van der Waals surface area contributed by atoms with Crippen LogP contribution < -0.4 is 0 Å². The standard InChI is InChI=1S/C15H26B2O4/c1-12-5-13(2,6-12)9-19-16(18-8-12)17-20-10-14(3)7-15(14,4)11-21-17/h5-11H2,1-4H3. The Labute approximate surface area is 128 Å². The molecule has 0 amide bonds. The van der Waals surface area contributed by atoms with Crippen LogP contribution in [-0.4, -0.2) is 40.4 Å². The fourth-order valence-corrected chi connectivity index (χ4v) is 4.99. The van der Waals surface area contributed by atoms with Crippen molar-refractivity contribution in [3.8, 4) is 0 Å². The lowest BCUT2D eigenvalue weighted by molar-refractivity contribution is -0.0977. The molecule has 0 aromatic rings. The van der Waals surface area contributed by atoms with E-state index in [2.05, 4.69) is 27.7 Å².